The first kappa shape index (κ1) is 22.1. The van der Waals surface area contributed by atoms with E-state index in [1.807, 2.05) is 86.7 Å². The summed E-state index contributed by atoms with van der Waals surface area (Å²) in [6.45, 7) is 4.00. The van der Waals surface area contributed by atoms with Crippen molar-refractivity contribution in [3.05, 3.63) is 139 Å². The molecule has 0 saturated heterocycles. The van der Waals surface area contributed by atoms with Crippen molar-refractivity contribution in [2.45, 2.75) is 13.8 Å². The van der Waals surface area contributed by atoms with Crippen LogP contribution in [0.2, 0.25) is 0 Å². The molecule has 0 saturated carbocycles. The van der Waals surface area contributed by atoms with Crippen LogP contribution in [0.1, 0.15) is 33.4 Å². The number of aromatic amines is 2. The number of aryl methyl sites for hydroxylation is 2. The van der Waals surface area contributed by atoms with Crippen LogP contribution in [0.4, 0.5) is 5.69 Å². The summed E-state index contributed by atoms with van der Waals surface area (Å²) in [7, 11) is 0. The van der Waals surface area contributed by atoms with E-state index in [9.17, 15) is 14.7 Å². The zero-order valence-electron chi connectivity index (χ0n) is 19.3. The molecule has 0 bridgehead atoms. The fraction of sp³-hybridized carbons (Fsp3) is 0.0690. The molecule has 0 radical (unpaired) electrons. The monoisotopic (exact) mass is 461 g/mol. The molecule has 35 heavy (non-hydrogen) atoms. The summed E-state index contributed by atoms with van der Waals surface area (Å²) >= 11 is 0. The fourth-order valence-corrected chi connectivity index (χ4v) is 4.20. The van der Waals surface area contributed by atoms with Gasteiger partial charge in [0.05, 0.1) is 11.4 Å². The Labute approximate surface area is 201 Å². The Morgan fingerprint density at radius 2 is 1.60 bits per heavy atom. The molecule has 1 aliphatic rings. The lowest BCUT2D eigenvalue weighted by Gasteiger charge is -2.10. The quantitative estimate of drug-likeness (QED) is 0.397. The summed E-state index contributed by atoms with van der Waals surface area (Å²) in [5.41, 5.74) is 6.48. The van der Waals surface area contributed by atoms with Gasteiger partial charge in [-0.3, -0.25) is 14.8 Å². The van der Waals surface area contributed by atoms with E-state index in [0.29, 0.717) is 5.57 Å². The Morgan fingerprint density at radius 3 is 2.31 bits per heavy atom. The van der Waals surface area contributed by atoms with E-state index in [4.69, 9.17) is 4.99 Å². The number of nitrogens with zero attached hydrogens (tertiary/aromatic N) is 1. The topological polar surface area (TPSA) is 98.3 Å². The van der Waals surface area contributed by atoms with Crippen molar-refractivity contribution < 1.29 is 5.11 Å². The van der Waals surface area contributed by atoms with E-state index in [-0.39, 0.29) is 5.56 Å². The molecule has 0 aliphatic carbocycles. The summed E-state index contributed by atoms with van der Waals surface area (Å²) in [4.78, 5) is 33.8. The molecule has 5 rings (SSSR count). The van der Waals surface area contributed by atoms with Crippen molar-refractivity contribution in [1.29, 1.82) is 0 Å². The Hall–Kier alpha value is -4.71. The van der Waals surface area contributed by atoms with Gasteiger partial charge in [0.15, 0.2) is 0 Å². The molecule has 172 valence electrons. The van der Waals surface area contributed by atoms with Crippen LogP contribution >= 0.6 is 0 Å². The third-order valence-corrected chi connectivity index (χ3v) is 5.95. The number of hydrogen-bond acceptors (Lipinski definition) is 4. The van der Waals surface area contributed by atoms with Gasteiger partial charge in [-0.25, -0.2) is 9.79 Å². The van der Waals surface area contributed by atoms with Crippen LogP contribution in [0.3, 0.4) is 0 Å². The van der Waals surface area contributed by atoms with Gasteiger partial charge in [-0.1, -0.05) is 83.9 Å². The molecule has 3 aromatic carbocycles. The maximum absolute atomic E-state index is 12.7. The second-order valence-corrected chi connectivity index (χ2v) is 8.51. The molecule has 0 unspecified atom stereocenters. The minimum Gasteiger partial charge on any atom is -0.494 e. The molecule has 4 aromatic rings. The van der Waals surface area contributed by atoms with Crippen LogP contribution in [0, 0.1) is 13.8 Å². The van der Waals surface area contributed by atoms with Crippen LogP contribution in [0.5, 0.6) is 5.88 Å². The molecule has 6 heteroatoms. The molecule has 0 amide bonds. The van der Waals surface area contributed by atoms with Crippen molar-refractivity contribution >= 4 is 22.5 Å². The summed E-state index contributed by atoms with van der Waals surface area (Å²) < 4.78 is 0. The normalized spacial score (nSPS) is 14.2. The average molecular weight is 462 g/mol. The maximum atomic E-state index is 12.7. The molecule has 6 nitrogen and oxygen atoms in total. The van der Waals surface area contributed by atoms with Crippen LogP contribution in [0.25, 0.3) is 11.1 Å². The van der Waals surface area contributed by atoms with Crippen molar-refractivity contribution in [3.63, 3.8) is 0 Å². The fourth-order valence-electron chi connectivity index (χ4n) is 4.20. The highest BCUT2D eigenvalue weighted by molar-refractivity contribution is 6.36. The van der Waals surface area contributed by atoms with Crippen molar-refractivity contribution in [2.75, 3.05) is 0 Å². The van der Waals surface area contributed by atoms with Gasteiger partial charge >= 0.3 is 5.69 Å². The molecule has 1 aromatic heterocycles. The lowest BCUT2D eigenvalue weighted by Crippen LogP contribution is -2.24. The van der Waals surface area contributed by atoms with Crippen LogP contribution in [0.15, 0.2) is 99.5 Å². The first-order valence-electron chi connectivity index (χ1n) is 11.2. The second-order valence-electron chi connectivity index (χ2n) is 8.51. The van der Waals surface area contributed by atoms with Crippen LogP contribution < -0.4 is 11.2 Å². The van der Waals surface area contributed by atoms with Gasteiger partial charge in [-0.05, 0) is 37.1 Å². The van der Waals surface area contributed by atoms with E-state index in [0.717, 1.165) is 44.8 Å². The highest BCUT2D eigenvalue weighted by atomic mass is 16.3. The van der Waals surface area contributed by atoms with Crippen LogP contribution in [-0.2, 0) is 0 Å². The predicted octanol–water partition coefficient (Wildman–Crippen LogP) is 5.04. The van der Waals surface area contributed by atoms with E-state index >= 15 is 0 Å². The number of H-pyrrole nitrogens is 2. The largest absolute Gasteiger partial charge is 0.494 e. The summed E-state index contributed by atoms with van der Waals surface area (Å²) in [6.07, 6.45) is 3.70. The molecule has 2 heterocycles. The highest BCUT2D eigenvalue weighted by Gasteiger charge is 2.22. The number of rotatable bonds is 4. The zero-order chi connectivity index (χ0) is 24.5. The second kappa shape index (κ2) is 8.91. The van der Waals surface area contributed by atoms with Crippen molar-refractivity contribution in [3.8, 4) is 5.88 Å². The van der Waals surface area contributed by atoms with E-state index in [1.54, 1.807) is 6.08 Å². The lowest BCUT2D eigenvalue weighted by atomic mass is 9.94. The number of aromatic hydroxyl groups is 1. The average Bonchev–Trinajstić information content (AvgIpc) is 3.19. The molecular weight excluding hydrogens is 438 g/mol. The Morgan fingerprint density at radius 1 is 0.886 bits per heavy atom. The van der Waals surface area contributed by atoms with Gasteiger partial charge in [-0.2, -0.15) is 0 Å². The molecule has 0 spiro atoms. The van der Waals surface area contributed by atoms with Gasteiger partial charge in [0.1, 0.15) is 5.56 Å². The van der Waals surface area contributed by atoms with Crippen molar-refractivity contribution in [1.82, 2.24) is 9.97 Å². The predicted molar refractivity (Wildman–Crippen MR) is 139 cm³/mol. The number of benzene rings is 3. The zero-order valence-corrected chi connectivity index (χ0v) is 19.3. The Bertz CT molecular complexity index is 1640. The molecule has 0 fully saturated rings. The van der Waals surface area contributed by atoms with Crippen molar-refractivity contribution in [2.24, 2.45) is 4.99 Å². The van der Waals surface area contributed by atoms with Gasteiger partial charge < -0.3 is 5.11 Å². The minimum atomic E-state index is -0.767. The number of allylic oxidation sites excluding steroid dienone is 3. The smallest absolute Gasteiger partial charge is 0.328 e. The number of nitrogens with one attached hydrogen (secondary N) is 2. The Kier molecular flexibility index (Phi) is 5.63. The van der Waals surface area contributed by atoms with E-state index < -0.39 is 17.1 Å². The van der Waals surface area contributed by atoms with Gasteiger partial charge in [-0.15, -0.1) is 0 Å². The molecule has 3 N–H and O–H groups in total. The maximum Gasteiger partial charge on any atom is 0.328 e. The van der Waals surface area contributed by atoms with Crippen LogP contribution in [-0.4, -0.2) is 20.8 Å². The lowest BCUT2D eigenvalue weighted by molar-refractivity contribution is 0.446. The number of aliphatic imine (C=N–C) groups is 1. The summed E-state index contributed by atoms with van der Waals surface area (Å²) in [5.74, 6) is -0.483. The van der Waals surface area contributed by atoms with Gasteiger partial charge in [0.2, 0.25) is 5.88 Å². The summed E-state index contributed by atoms with van der Waals surface area (Å²) in [6, 6.07) is 23.6. The number of aromatic nitrogens is 2. The third kappa shape index (κ3) is 4.29. The van der Waals surface area contributed by atoms with Gasteiger partial charge in [0.25, 0.3) is 5.56 Å². The summed E-state index contributed by atoms with van der Waals surface area (Å²) in [5, 5.41) is 10.5. The standard InChI is InChI=1S/C29H23N3O3/c1-17-8-11-19(12-9-17)21(25-27(33)31-29(35)32-28(25)34)13-14-22-23-16-18(2)10-15-24(23)30-26(22)20-6-4-3-5-7-20/h3-16H,1-2H3,(H3,31,32,33,34,35). The van der Waals surface area contributed by atoms with E-state index in [1.165, 1.54) is 0 Å². The first-order chi connectivity index (χ1) is 16.9. The molecule has 1 aliphatic heterocycles. The third-order valence-electron chi connectivity index (χ3n) is 5.95. The Balaban J connectivity index is 1.75. The minimum absolute atomic E-state index is 0.00837. The first-order valence-corrected chi connectivity index (χ1v) is 11.2. The molecular formula is C29H23N3O3. The highest BCUT2D eigenvalue weighted by Crippen LogP contribution is 2.38. The van der Waals surface area contributed by atoms with Gasteiger partial charge in [0, 0.05) is 16.7 Å². The SMILES string of the molecule is Cc1ccc(C(=CC=C2C(c3ccccc3)=Nc3ccc(C)cc32)c2c(O)[nH]c(=O)[nH]c2=O)cc1. The number of fused-ring (bicyclic) bond motifs is 1. The molecule has 0 atom stereocenters. The van der Waals surface area contributed by atoms with E-state index in [2.05, 4.69) is 16.0 Å². The number of hydrogen-bond donors (Lipinski definition) is 3.